The van der Waals surface area contributed by atoms with E-state index in [1.807, 2.05) is 0 Å². The van der Waals surface area contributed by atoms with E-state index in [1.54, 1.807) is 6.07 Å². The quantitative estimate of drug-likeness (QED) is 0.846. The van der Waals surface area contributed by atoms with Gasteiger partial charge in [0.1, 0.15) is 17.0 Å². The molecule has 2 rings (SSSR count). The Hall–Kier alpha value is -0.880. The minimum absolute atomic E-state index is 0.339. The normalized spacial score (nSPS) is 16.6. The van der Waals surface area contributed by atoms with E-state index in [0.717, 1.165) is 6.54 Å². The molecular weight excluding hydrogens is 272 g/mol. The van der Waals surface area contributed by atoms with E-state index < -0.39 is 0 Å². The zero-order valence-electron chi connectivity index (χ0n) is 9.03. The first kappa shape index (κ1) is 11.6. The molecule has 2 heterocycles. The predicted molar refractivity (Wildman–Crippen MR) is 65.3 cm³/mol. The summed E-state index contributed by atoms with van der Waals surface area (Å²) < 4.78 is 6.10. The Bertz CT molecular complexity index is 334. The van der Waals surface area contributed by atoms with Gasteiger partial charge in [0.2, 0.25) is 0 Å². The fraction of sp³-hybridized carbons (Fsp3) is 0.600. The molecule has 0 saturated carbocycles. The van der Waals surface area contributed by atoms with Crippen LogP contribution in [0.5, 0.6) is 6.01 Å². The number of anilines is 1. The van der Waals surface area contributed by atoms with E-state index >= 15 is 0 Å². The van der Waals surface area contributed by atoms with Crippen molar-refractivity contribution in [2.24, 2.45) is 0 Å². The number of halogens is 1. The van der Waals surface area contributed by atoms with Crippen LogP contribution in [0.2, 0.25) is 0 Å². The van der Waals surface area contributed by atoms with Crippen LogP contribution < -0.4 is 10.5 Å². The molecule has 6 heteroatoms. The van der Waals surface area contributed by atoms with E-state index in [4.69, 9.17) is 10.5 Å². The highest BCUT2D eigenvalue weighted by Crippen LogP contribution is 2.14. The predicted octanol–water partition coefficient (Wildman–Crippen LogP) is 1.30. The maximum atomic E-state index is 5.58. The largest absolute Gasteiger partial charge is 0.462 e. The number of nitrogens with two attached hydrogens (primary N) is 1. The fourth-order valence-electron chi connectivity index (χ4n) is 1.75. The molecule has 1 aliphatic heterocycles. The summed E-state index contributed by atoms with van der Waals surface area (Å²) in [6.45, 7) is 3.88. The van der Waals surface area contributed by atoms with Gasteiger partial charge in [-0.05, 0) is 41.9 Å². The van der Waals surface area contributed by atoms with E-state index in [1.165, 1.54) is 25.9 Å². The molecule has 0 aromatic carbocycles. The number of rotatable bonds is 4. The van der Waals surface area contributed by atoms with Crippen molar-refractivity contribution < 1.29 is 4.74 Å². The molecule has 2 N–H and O–H groups in total. The van der Waals surface area contributed by atoms with Gasteiger partial charge in [-0.25, -0.2) is 0 Å². The van der Waals surface area contributed by atoms with Gasteiger partial charge in [0, 0.05) is 12.6 Å². The Kier molecular flexibility index (Phi) is 3.95. The Morgan fingerprint density at radius 2 is 2.12 bits per heavy atom. The van der Waals surface area contributed by atoms with Crippen LogP contribution >= 0.6 is 15.9 Å². The smallest absolute Gasteiger partial charge is 0.319 e. The van der Waals surface area contributed by atoms with E-state index in [-0.39, 0.29) is 0 Å². The van der Waals surface area contributed by atoms with Crippen molar-refractivity contribution in [1.29, 1.82) is 0 Å². The van der Waals surface area contributed by atoms with Gasteiger partial charge in [0.15, 0.2) is 0 Å². The summed E-state index contributed by atoms with van der Waals surface area (Å²) in [4.78, 5) is 10.5. The zero-order valence-corrected chi connectivity index (χ0v) is 10.6. The van der Waals surface area contributed by atoms with Crippen LogP contribution in [-0.2, 0) is 0 Å². The molecule has 0 atom stereocenters. The molecular formula is C10H15BrN4O. The third kappa shape index (κ3) is 3.31. The average Bonchev–Trinajstić information content (AvgIpc) is 2.69. The highest BCUT2D eigenvalue weighted by atomic mass is 79.9. The standard InChI is InChI=1S/C10H15BrN4O/c11-8-7-9(12)14-10(13-8)16-6-5-15-3-1-2-4-15/h7H,1-6H2,(H2,12,13,14). The molecule has 1 aliphatic rings. The van der Waals surface area contributed by atoms with E-state index in [2.05, 4.69) is 30.8 Å². The van der Waals surface area contributed by atoms with E-state index in [9.17, 15) is 0 Å². The van der Waals surface area contributed by atoms with Crippen molar-refractivity contribution >= 4 is 21.7 Å². The first-order valence-electron chi connectivity index (χ1n) is 5.39. The van der Waals surface area contributed by atoms with Crippen LogP contribution in [0.1, 0.15) is 12.8 Å². The van der Waals surface area contributed by atoms with Crippen LogP contribution in [0, 0.1) is 0 Å². The van der Waals surface area contributed by atoms with Crippen molar-refractivity contribution in [3.8, 4) is 6.01 Å². The molecule has 0 bridgehead atoms. The fourth-order valence-corrected chi connectivity index (χ4v) is 2.14. The molecule has 0 spiro atoms. The van der Waals surface area contributed by atoms with Crippen LogP contribution in [0.25, 0.3) is 0 Å². The number of ether oxygens (including phenoxy) is 1. The minimum Gasteiger partial charge on any atom is -0.462 e. The van der Waals surface area contributed by atoms with Gasteiger partial charge >= 0.3 is 6.01 Å². The van der Waals surface area contributed by atoms with Gasteiger partial charge < -0.3 is 10.5 Å². The van der Waals surface area contributed by atoms with Crippen molar-refractivity contribution in [2.75, 3.05) is 32.0 Å². The Balaban J connectivity index is 1.80. The molecule has 16 heavy (non-hydrogen) atoms. The lowest BCUT2D eigenvalue weighted by atomic mass is 10.4. The second kappa shape index (κ2) is 5.45. The summed E-state index contributed by atoms with van der Waals surface area (Å²) in [5, 5.41) is 0. The molecule has 0 amide bonds. The summed E-state index contributed by atoms with van der Waals surface area (Å²) in [7, 11) is 0. The van der Waals surface area contributed by atoms with Gasteiger partial charge in [-0.2, -0.15) is 9.97 Å². The molecule has 88 valence electrons. The summed E-state index contributed by atoms with van der Waals surface area (Å²) in [5.41, 5.74) is 5.58. The highest BCUT2D eigenvalue weighted by molar-refractivity contribution is 9.10. The SMILES string of the molecule is Nc1cc(Br)nc(OCCN2CCCC2)n1. The number of hydrogen-bond donors (Lipinski definition) is 1. The van der Waals surface area contributed by atoms with Crippen LogP contribution in [0.15, 0.2) is 10.7 Å². The number of aromatic nitrogens is 2. The van der Waals surface area contributed by atoms with Gasteiger partial charge in [-0.1, -0.05) is 0 Å². The maximum absolute atomic E-state index is 5.58. The lowest BCUT2D eigenvalue weighted by molar-refractivity contribution is 0.225. The number of nitrogens with zero attached hydrogens (tertiary/aromatic N) is 3. The second-order valence-corrected chi connectivity index (χ2v) is 4.61. The molecule has 0 unspecified atom stereocenters. The third-order valence-electron chi connectivity index (χ3n) is 2.53. The summed E-state index contributed by atoms with van der Waals surface area (Å²) in [6.07, 6.45) is 2.58. The molecule has 0 aliphatic carbocycles. The van der Waals surface area contributed by atoms with Crippen LogP contribution in [-0.4, -0.2) is 41.1 Å². The Labute approximate surface area is 103 Å². The van der Waals surface area contributed by atoms with Crippen molar-refractivity contribution in [3.05, 3.63) is 10.7 Å². The average molecular weight is 287 g/mol. The molecule has 1 saturated heterocycles. The maximum Gasteiger partial charge on any atom is 0.319 e. The zero-order chi connectivity index (χ0) is 11.4. The lowest BCUT2D eigenvalue weighted by Crippen LogP contribution is -2.25. The van der Waals surface area contributed by atoms with Crippen LogP contribution in [0.3, 0.4) is 0 Å². The summed E-state index contributed by atoms with van der Waals surface area (Å²) >= 11 is 3.25. The number of nitrogen functional groups attached to an aromatic ring is 1. The molecule has 0 radical (unpaired) electrons. The van der Waals surface area contributed by atoms with Crippen LogP contribution in [0.4, 0.5) is 5.82 Å². The first-order valence-corrected chi connectivity index (χ1v) is 6.18. The topological polar surface area (TPSA) is 64.3 Å². The lowest BCUT2D eigenvalue weighted by Gasteiger charge is -2.14. The summed E-state index contributed by atoms with van der Waals surface area (Å²) in [5.74, 6) is 0.415. The minimum atomic E-state index is 0.339. The monoisotopic (exact) mass is 286 g/mol. The number of hydrogen-bond acceptors (Lipinski definition) is 5. The van der Waals surface area contributed by atoms with Gasteiger partial charge in [-0.15, -0.1) is 0 Å². The number of likely N-dealkylation sites (tertiary alicyclic amines) is 1. The second-order valence-electron chi connectivity index (χ2n) is 3.80. The van der Waals surface area contributed by atoms with Gasteiger partial charge in [0.25, 0.3) is 0 Å². The van der Waals surface area contributed by atoms with Crippen molar-refractivity contribution in [2.45, 2.75) is 12.8 Å². The molecule has 1 aromatic heterocycles. The van der Waals surface area contributed by atoms with Gasteiger partial charge in [-0.3, -0.25) is 4.90 Å². The van der Waals surface area contributed by atoms with E-state index in [0.29, 0.717) is 23.0 Å². The third-order valence-corrected chi connectivity index (χ3v) is 2.94. The Morgan fingerprint density at radius 3 is 2.81 bits per heavy atom. The molecule has 1 fully saturated rings. The van der Waals surface area contributed by atoms with Crippen molar-refractivity contribution in [1.82, 2.24) is 14.9 Å². The summed E-state index contributed by atoms with van der Waals surface area (Å²) in [6, 6.07) is 1.99. The Morgan fingerprint density at radius 1 is 1.38 bits per heavy atom. The highest BCUT2D eigenvalue weighted by Gasteiger charge is 2.11. The first-order chi connectivity index (χ1) is 7.74. The van der Waals surface area contributed by atoms with Crippen molar-refractivity contribution in [3.63, 3.8) is 0 Å². The van der Waals surface area contributed by atoms with Gasteiger partial charge in [0.05, 0.1) is 0 Å². The molecule has 5 nitrogen and oxygen atoms in total. The molecule has 1 aromatic rings.